The van der Waals surface area contributed by atoms with E-state index < -0.39 is 0 Å². The maximum Gasteiger partial charge on any atom is 0.230 e. The van der Waals surface area contributed by atoms with E-state index in [0.717, 1.165) is 51.6 Å². The smallest absolute Gasteiger partial charge is 0.230 e. The standard InChI is InChI=1S/C16H32N2O/c1-5-7-16(13-17,8-6-2)14(19)18-11-9-15(3,4)10-12-18/h5-13,17H2,1-4H3. The minimum atomic E-state index is -0.301. The van der Waals surface area contributed by atoms with E-state index in [2.05, 4.69) is 32.6 Å². The van der Waals surface area contributed by atoms with E-state index in [1.54, 1.807) is 0 Å². The molecule has 0 saturated carbocycles. The Hall–Kier alpha value is -0.570. The fourth-order valence-electron chi connectivity index (χ4n) is 3.24. The first-order valence-corrected chi connectivity index (χ1v) is 7.90. The van der Waals surface area contributed by atoms with Gasteiger partial charge in [0.15, 0.2) is 0 Å². The summed E-state index contributed by atoms with van der Waals surface area (Å²) in [5, 5.41) is 0. The van der Waals surface area contributed by atoms with Gasteiger partial charge in [0.2, 0.25) is 5.91 Å². The van der Waals surface area contributed by atoms with E-state index in [0.29, 0.717) is 17.9 Å². The number of nitrogens with two attached hydrogens (primary N) is 1. The van der Waals surface area contributed by atoms with Crippen LogP contribution in [0.15, 0.2) is 0 Å². The lowest BCUT2D eigenvalue weighted by Gasteiger charge is -2.42. The number of hydrogen-bond acceptors (Lipinski definition) is 2. The molecule has 0 aliphatic carbocycles. The first-order chi connectivity index (χ1) is 8.90. The first kappa shape index (κ1) is 16.5. The molecule has 0 unspecified atom stereocenters. The Balaban J connectivity index is 2.77. The molecule has 0 aromatic heterocycles. The SMILES string of the molecule is CCCC(CN)(CCC)C(=O)N1CCC(C)(C)CC1. The van der Waals surface area contributed by atoms with Gasteiger partial charge in [-0.15, -0.1) is 0 Å². The van der Waals surface area contributed by atoms with E-state index >= 15 is 0 Å². The molecule has 0 radical (unpaired) electrons. The minimum Gasteiger partial charge on any atom is -0.342 e. The Morgan fingerprint density at radius 2 is 1.63 bits per heavy atom. The average molecular weight is 268 g/mol. The fraction of sp³-hybridized carbons (Fsp3) is 0.938. The van der Waals surface area contributed by atoms with Crippen LogP contribution in [-0.2, 0) is 4.79 Å². The summed E-state index contributed by atoms with van der Waals surface area (Å²) >= 11 is 0. The Bertz CT molecular complexity index is 283. The predicted octanol–water partition coefficient (Wildman–Crippen LogP) is 3.18. The highest BCUT2D eigenvalue weighted by molar-refractivity contribution is 5.83. The molecule has 1 amide bonds. The molecule has 0 atom stereocenters. The molecule has 3 heteroatoms. The zero-order valence-corrected chi connectivity index (χ0v) is 13.3. The minimum absolute atomic E-state index is 0.301. The number of likely N-dealkylation sites (tertiary alicyclic amines) is 1. The fourth-order valence-corrected chi connectivity index (χ4v) is 3.24. The lowest BCUT2D eigenvalue weighted by Crippen LogP contribution is -2.51. The van der Waals surface area contributed by atoms with Gasteiger partial charge in [-0.05, 0) is 31.1 Å². The van der Waals surface area contributed by atoms with Crippen molar-refractivity contribution in [2.75, 3.05) is 19.6 Å². The van der Waals surface area contributed by atoms with Gasteiger partial charge in [-0.1, -0.05) is 40.5 Å². The van der Waals surface area contributed by atoms with Crippen molar-refractivity contribution in [3.8, 4) is 0 Å². The van der Waals surface area contributed by atoms with E-state index in [-0.39, 0.29) is 5.41 Å². The lowest BCUT2D eigenvalue weighted by atomic mass is 9.76. The third-order valence-electron chi connectivity index (χ3n) is 4.71. The van der Waals surface area contributed by atoms with Crippen LogP contribution in [0.3, 0.4) is 0 Å². The van der Waals surface area contributed by atoms with Gasteiger partial charge in [-0.25, -0.2) is 0 Å². The summed E-state index contributed by atoms with van der Waals surface area (Å²) in [4.78, 5) is 15.0. The predicted molar refractivity (Wildman–Crippen MR) is 80.9 cm³/mol. The molecule has 0 aromatic rings. The molecule has 1 heterocycles. The highest BCUT2D eigenvalue weighted by Crippen LogP contribution is 2.35. The second-order valence-corrected chi connectivity index (χ2v) is 6.94. The number of carbonyl (C=O) groups is 1. The van der Waals surface area contributed by atoms with Crippen LogP contribution in [0.5, 0.6) is 0 Å². The maximum atomic E-state index is 12.9. The number of rotatable bonds is 6. The van der Waals surface area contributed by atoms with Crippen LogP contribution in [0.25, 0.3) is 0 Å². The van der Waals surface area contributed by atoms with Crippen molar-refractivity contribution in [1.29, 1.82) is 0 Å². The van der Waals surface area contributed by atoms with E-state index in [1.807, 2.05) is 0 Å². The van der Waals surface area contributed by atoms with Crippen molar-refractivity contribution in [2.45, 2.75) is 66.2 Å². The van der Waals surface area contributed by atoms with Crippen LogP contribution in [0.4, 0.5) is 0 Å². The molecule has 2 N–H and O–H groups in total. The molecular weight excluding hydrogens is 236 g/mol. The van der Waals surface area contributed by atoms with Gasteiger partial charge < -0.3 is 10.6 Å². The van der Waals surface area contributed by atoms with Crippen molar-refractivity contribution >= 4 is 5.91 Å². The molecule has 0 aromatic carbocycles. The molecule has 1 rings (SSSR count). The van der Waals surface area contributed by atoms with Gasteiger partial charge in [0, 0.05) is 19.6 Å². The maximum absolute atomic E-state index is 12.9. The third kappa shape index (κ3) is 3.95. The van der Waals surface area contributed by atoms with Gasteiger partial charge in [-0.3, -0.25) is 4.79 Å². The Morgan fingerprint density at radius 3 is 2.00 bits per heavy atom. The third-order valence-corrected chi connectivity index (χ3v) is 4.71. The molecule has 1 fully saturated rings. The molecular formula is C16H32N2O. The molecule has 0 spiro atoms. The largest absolute Gasteiger partial charge is 0.342 e. The van der Waals surface area contributed by atoms with Gasteiger partial charge in [0.05, 0.1) is 5.41 Å². The quantitative estimate of drug-likeness (QED) is 0.804. The summed E-state index contributed by atoms with van der Waals surface area (Å²) in [5.41, 5.74) is 6.08. The van der Waals surface area contributed by atoms with Gasteiger partial charge >= 0.3 is 0 Å². The Morgan fingerprint density at radius 1 is 1.16 bits per heavy atom. The summed E-state index contributed by atoms with van der Waals surface area (Å²) < 4.78 is 0. The van der Waals surface area contributed by atoms with Crippen molar-refractivity contribution in [3.63, 3.8) is 0 Å². The second-order valence-electron chi connectivity index (χ2n) is 6.94. The Labute approximate surface area is 118 Å². The molecule has 0 bridgehead atoms. The zero-order valence-electron chi connectivity index (χ0n) is 13.3. The summed E-state index contributed by atoms with van der Waals surface area (Å²) in [6.07, 6.45) is 6.13. The number of amides is 1. The summed E-state index contributed by atoms with van der Waals surface area (Å²) in [7, 11) is 0. The zero-order chi connectivity index (χ0) is 14.5. The second kappa shape index (κ2) is 6.74. The van der Waals surface area contributed by atoms with Crippen LogP contribution < -0.4 is 5.73 Å². The summed E-state index contributed by atoms with van der Waals surface area (Å²) in [6, 6.07) is 0. The van der Waals surface area contributed by atoms with Gasteiger partial charge in [-0.2, -0.15) is 0 Å². The van der Waals surface area contributed by atoms with Crippen molar-refractivity contribution < 1.29 is 4.79 Å². The molecule has 1 aliphatic rings. The van der Waals surface area contributed by atoms with Crippen molar-refractivity contribution in [1.82, 2.24) is 4.90 Å². The van der Waals surface area contributed by atoms with Crippen LogP contribution in [-0.4, -0.2) is 30.4 Å². The monoisotopic (exact) mass is 268 g/mol. The molecule has 19 heavy (non-hydrogen) atoms. The average Bonchev–Trinajstić information content (AvgIpc) is 2.37. The first-order valence-electron chi connectivity index (χ1n) is 7.90. The Kier molecular flexibility index (Phi) is 5.84. The van der Waals surface area contributed by atoms with E-state index in [1.165, 1.54) is 0 Å². The molecule has 1 aliphatic heterocycles. The van der Waals surface area contributed by atoms with Crippen molar-refractivity contribution in [3.05, 3.63) is 0 Å². The normalized spacial score (nSPS) is 19.5. The van der Waals surface area contributed by atoms with Crippen LogP contribution in [0, 0.1) is 10.8 Å². The van der Waals surface area contributed by atoms with Crippen LogP contribution >= 0.6 is 0 Å². The number of piperidine rings is 1. The lowest BCUT2D eigenvalue weighted by molar-refractivity contribution is -0.144. The van der Waals surface area contributed by atoms with Gasteiger partial charge in [0.25, 0.3) is 0 Å². The van der Waals surface area contributed by atoms with E-state index in [4.69, 9.17) is 5.73 Å². The number of hydrogen-bond donors (Lipinski definition) is 1. The van der Waals surface area contributed by atoms with Crippen molar-refractivity contribution in [2.24, 2.45) is 16.6 Å². The molecule has 3 nitrogen and oxygen atoms in total. The highest BCUT2D eigenvalue weighted by Gasteiger charge is 2.40. The number of carbonyl (C=O) groups excluding carboxylic acids is 1. The number of nitrogens with zero attached hydrogens (tertiary/aromatic N) is 1. The topological polar surface area (TPSA) is 46.3 Å². The van der Waals surface area contributed by atoms with E-state index in [9.17, 15) is 4.79 Å². The van der Waals surface area contributed by atoms with Crippen LogP contribution in [0.1, 0.15) is 66.2 Å². The van der Waals surface area contributed by atoms with Crippen LogP contribution in [0.2, 0.25) is 0 Å². The highest BCUT2D eigenvalue weighted by atomic mass is 16.2. The molecule has 1 saturated heterocycles. The summed E-state index contributed by atoms with van der Waals surface area (Å²) in [6.45, 7) is 11.2. The summed E-state index contributed by atoms with van der Waals surface area (Å²) in [5.74, 6) is 0.314. The molecule has 112 valence electrons. The van der Waals surface area contributed by atoms with Gasteiger partial charge in [0.1, 0.15) is 0 Å².